The van der Waals surface area contributed by atoms with Crippen LogP contribution in [0.5, 0.6) is 0 Å². The molecule has 1 rings (SSSR count). The van der Waals surface area contributed by atoms with E-state index in [0.29, 0.717) is 0 Å². The zero-order valence-electron chi connectivity index (χ0n) is 5.01. The predicted molar refractivity (Wildman–Crippen MR) is 35.3 cm³/mol. The number of hydrogen-bond donors (Lipinski definition) is 2. The van der Waals surface area contributed by atoms with E-state index in [0.717, 1.165) is 12.2 Å². The Bertz CT molecular complexity index is 208. The van der Waals surface area contributed by atoms with Crippen molar-refractivity contribution in [2.45, 2.75) is 11.5 Å². The second kappa shape index (κ2) is 2.25. The minimum atomic E-state index is -1.67. The van der Waals surface area contributed by atoms with Gasteiger partial charge in [-0.25, -0.2) is 4.39 Å². The van der Waals surface area contributed by atoms with Gasteiger partial charge in [-0.2, -0.15) is 0 Å². The van der Waals surface area contributed by atoms with Crippen molar-refractivity contribution in [3.63, 3.8) is 0 Å². The third kappa shape index (κ3) is 1.49. The molecule has 1 unspecified atom stereocenters. The number of hydrogen-bond acceptors (Lipinski definition) is 2. The minimum Gasteiger partial charge on any atom is -0.505 e. The van der Waals surface area contributed by atoms with Gasteiger partial charge in [0.2, 0.25) is 0 Å². The number of rotatable bonds is 0. The second-order valence-corrected chi connectivity index (χ2v) is 2.76. The molecule has 0 heterocycles. The maximum atomic E-state index is 12.4. The first kappa shape index (κ1) is 7.57. The molecule has 0 aromatic rings. The van der Waals surface area contributed by atoms with Gasteiger partial charge in [-0.15, -0.1) is 0 Å². The fourth-order valence-corrected chi connectivity index (χ4v) is 0.837. The summed E-state index contributed by atoms with van der Waals surface area (Å²) >= 11 is 5.32. The molecule has 0 spiro atoms. The Morgan fingerprint density at radius 2 is 2.30 bits per heavy atom. The van der Waals surface area contributed by atoms with Gasteiger partial charge in [0.1, 0.15) is 5.76 Å². The van der Waals surface area contributed by atoms with Gasteiger partial charge in [0.05, 0.1) is 0 Å². The molecule has 0 aromatic heterocycles. The van der Waals surface area contributed by atoms with E-state index in [1.165, 1.54) is 0 Å². The molecule has 0 amide bonds. The smallest absolute Gasteiger partial charge is 0.164 e. The van der Waals surface area contributed by atoms with Gasteiger partial charge in [-0.1, -0.05) is 11.6 Å². The van der Waals surface area contributed by atoms with Crippen LogP contribution in [0.3, 0.4) is 0 Å². The van der Waals surface area contributed by atoms with E-state index in [4.69, 9.17) is 21.8 Å². The summed E-state index contributed by atoms with van der Waals surface area (Å²) in [6.45, 7) is 0. The average molecular weight is 165 g/mol. The predicted octanol–water partition coefficient (Wildman–Crippen LogP) is 1.61. The summed E-state index contributed by atoms with van der Waals surface area (Å²) in [6.07, 6.45) is 1.92. The van der Waals surface area contributed by atoms with Crippen molar-refractivity contribution in [2.24, 2.45) is 0 Å². The molecule has 0 saturated carbocycles. The molecule has 4 heteroatoms. The lowest BCUT2D eigenvalue weighted by Gasteiger charge is -2.17. The Kier molecular flexibility index (Phi) is 1.70. The summed E-state index contributed by atoms with van der Waals surface area (Å²) in [5, 5.41) is 15.9. The maximum absolute atomic E-state index is 12.4. The molecule has 56 valence electrons. The Balaban J connectivity index is 2.87. The van der Waals surface area contributed by atoms with Crippen LogP contribution in [0.4, 0.5) is 4.39 Å². The lowest BCUT2D eigenvalue weighted by Crippen LogP contribution is -2.19. The average Bonchev–Trinajstić information content (AvgIpc) is 1.79. The monoisotopic (exact) mass is 164 g/mol. The molecule has 10 heavy (non-hydrogen) atoms. The molecule has 0 fully saturated rings. The number of alkyl halides is 1. The zero-order chi connectivity index (χ0) is 7.78. The summed E-state index contributed by atoms with van der Waals surface area (Å²) in [6, 6.07) is 0. The molecule has 1 atom stereocenters. The van der Waals surface area contributed by atoms with E-state index in [2.05, 4.69) is 0 Å². The van der Waals surface area contributed by atoms with Crippen molar-refractivity contribution >= 4 is 11.6 Å². The molecule has 1 aliphatic carbocycles. The van der Waals surface area contributed by atoms with Crippen LogP contribution in [0.2, 0.25) is 0 Å². The third-order valence-corrected chi connectivity index (χ3v) is 1.44. The van der Waals surface area contributed by atoms with Crippen LogP contribution in [0, 0.1) is 0 Å². The van der Waals surface area contributed by atoms with Crippen LogP contribution in [-0.2, 0) is 0 Å². The second-order valence-electron chi connectivity index (χ2n) is 2.10. The van der Waals surface area contributed by atoms with Crippen LogP contribution in [-0.4, -0.2) is 15.3 Å². The molecule has 0 saturated heterocycles. The molecule has 1 aliphatic rings. The van der Waals surface area contributed by atoms with E-state index in [9.17, 15) is 4.39 Å². The van der Waals surface area contributed by atoms with Crippen molar-refractivity contribution in [3.8, 4) is 0 Å². The quantitative estimate of drug-likeness (QED) is 0.534. The Morgan fingerprint density at radius 1 is 1.70 bits per heavy atom. The summed E-state index contributed by atoms with van der Waals surface area (Å²) in [7, 11) is 0. The maximum Gasteiger partial charge on any atom is 0.164 e. The first-order valence-electron chi connectivity index (χ1n) is 2.70. The van der Waals surface area contributed by atoms with E-state index < -0.39 is 16.6 Å². The fourth-order valence-electron chi connectivity index (χ4n) is 0.664. The van der Waals surface area contributed by atoms with E-state index in [1.54, 1.807) is 0 Å². The molecule has 0 aliphatic heterocycles. The van der Waals surface area contributed by atoms with Crippen LogP contribution in [0.15, 0.2) is 23.7 Å². The van der Waals surface area contributed by atoms with Crippen LogP contribution in [0.25, 0.3) is 0 Å². The fraction of sp³-hybridized carbons (Fsp3) is 0.333. The Hall–Kier alpha value is -0.540. The highest BCUT2D eigenvalue weighted by molar-refractivity contribution is 6.24. The molecule has 2 nitrogen and oxygen atoms in total. The van der Waals surface area contributed by atoms with Gasteiger partial charge in [-0.3, -0.25) is 0 Å². The molecular formula is C6H6ClFO2. The Labute approximate surface area is 62.2 Å². The molecule has 0 radical (unpaired) electrons. The van der Waals surface area contributed by atoms with Crippen molar-refractivity contribution in [1.29, 1.82) is 0 Å². The van der Waals surface area contributed by atoms with Crippen LogP contribution < -0.4 is 0 Å². The van der Waals surface area contributed by atoms with E-state index in [-0.39, 0.29) is 6.42 Å². The zero-order valence-corrected chi connectivity index (χ0v) is 5.77. The largest absolute Gasteiger partial charge is 0.505 e. The van der Waals surface area contributed by atoms with E-state index >= 15 is 0 Å². The Morgan fingerprint density at radius 3 is 2.70 bits per heavy atom. The summed E-state index contributed by atoms with van der Waals surface area (Å²) in [5.74, 6) is -1.35. The molecular weight excluding hydrogens is 159 g/mol. The van der Waals surface area contributed by atoms with Crippen LogP contribution in [0.1, 0.15) is 6.42 Å². The molecule has 0 aromatic carbocycles. The lowest BCUT2D eigenvalue weighted by molar-refractivity contribution is 0.173. The highest BCUT2D eigenvalue weighted by atomic mass is 35.5. The first-order valence-corrected chi connectivity index (χ1v) is 3.08. The molecule has 0 bridgehead atoms. The number of aliphatic hydroxyl groups is 2. The summed E-state index contributed by atoms with van der Waals surface area (Å²) in [4.78, 5) is 0. The van der Waals surface area contributed by atoms with Crippen LogP contribution >= 0.6 is 11.6 Å². The number of allylic oxidation sites excluding steroid dienone is 1. The minimum absolute atomic E-state index is 0.0216. The highest BCUT2D eigenvalue weighted by Crippen LogP contribution is 2.28. The van der Waals surface area contributed by atoms with E-state index in [1.807, 2.05) is 0 Å². The SMILES string of the molecule is OC1=CCC(O)(Cl)C=C1F. The first-order chi connectivity index (χ1) is 4.51. The number of halogens is 2. The van der Waals surface area contributed by atoms with Gasteiger partial charge in [-0.05, 0) is 6.08 Å². The molecule has 2 N–H and O–H groups in total. The van der Waals surface area contributed by atoms with Gasteiger partial charge < -0.3 is 10.2 Å². The summed E-state index contributed by atoms with van der Waals surface area (Å²) < 4.78 is 12.4. The van der Waals surface area contributed by atoms with Gasteiger partial charge in [0.15, 0.2) is 10.9 Å². The van der Waals surface area contributed by atoms with Gasteiger partial charge in [0.25, 0.3) is 0 Å². The number of aliphatic hydroxyl groups excluding tert-OH is 1. The normalized spacial score (nSPS) is 33.1. The highest BCUT2D eigenvalue weighted by Gasteiger charge is 2.25. The van der Waals surface area contributed by atoms with Crippen molar-refractivity contribution < 1.29 is 14.6 Å². The third-order valence-electron chi connectivity index (χ3n) is 1.17. The van der Waals surface area contributed by atoms with Crippen molar-refractivity contribution in [2.75, 3.05) is 0 Å². The summed E-state index contributed by atoms with van der Waals surface area (Å²) in [5.41, 5.74) is 0. The van der Waals surface area contributed by atoms with Crippen molar-refractivity contribution in [1.82, 2.24) is 0 Å². The van der Waals surface area contributed by atoms with Crippen molar-refractivity contribution in [3.05, 3.63) is 23.7 Å². The lowest BCUT2D eigenvalue weighted by atomic mass is 10.1. The standard InChI is InChI=1S/C6H6ClFO2/c7-6(10)2-1-5(9)4(8)3-6/h1,3,9-10H,2H2. The van der Waals surface area contributed by atoms with Gasteiger partial charge >= 0.3 is 0 Å². The van der Waals surface area contributed by atoms with Gasteiger partial charge in [0, 0.05) is 12.5 Å². The topological polar surface area (TPSA) is 40.5 Å².